The SMILES string of the molecule is CC(NC(=O)[C@@H]1CC[C@H]2CN(CCC3CCN(C(=O)OC(C)(C)C)CC3)C(=O)N2C1)C(=O)OC(C)(C)C. The quantitative estimate of drug-likeness (QED) is 0.536. The highest BCUT2D eigenvalue weighted by Crippen LogP contribution is 2.30. The van der Waals surface area contributed by atoms with E-state index in [1.165, 1.54) is 0 Å². The van der Waals surface area contributed by atoms with E-state index in [1.807, 2.05) is 30.6 Å². The third-order valence-electron chi connectivity index (χ3n) is 7.22. The van der Waals surface area contributed by atoms with E-state index in [1.54, 1.807) is 32.6 Å². The number of likely N-dealkylation sites (tertiary alicyclic amines) is 1. The van der Waals surface area contributed by atoms with Crippen molar-refractivity contribution in [3.8, 4) is 0 Å². The summed E-state index contributed by atoms with van der Waals surface area (Å²) in [5.74, 6) is -0.533. The van der Waals surface area contributed by atoms with Crippen molar-refractivity contribution in [1.29, 1.82) is 0 Å². The fourth-order valence-electron chi connectivity index (χ4n) is 5.22. The van der Waals surface area contributed by atoms with Crippen LogP contribution in [0.5, 0.6) is 0 Å². The number of nitrogens with one attached hydrogen (secondary N) is 1. The first kappa shape index (κ1) is 29.0. The highest BCUT2D eigenvalue weighted by Gasteiger charge is 2.43. The largest absolute Gasteiger partial charge is 0.458 e. The lowest BCUT2D eigenvalue weighted by molar-refractivity contribution is -0.158. The molecule has 37 heavy (non-hydrogen) atoms. The number of amides is 4. The molecule has 3 atom stereocenters. The standard InChI is InChI=1S/C27H46N4O6/c1-18(23(33)36-26(2,3)4)28-22(32)20-8-9-21-17-30(24(34)31(21)16-20)15-12-19-10-13-29(14-11-19)25(35)37-27(5,6)7/h18-21H,8-17H2,1-7H3,(H,28,32)/t18?,20-,21+/m1/s1. The highest BCUT2D eigenvalue weighted by molar-refractivity contribution is 5.86. The van der Waals surface area contributed by atoms with Crippen LogP contribution in [0.25, 0.3) is 0 Å². The zero-order valence-corrected chi connectivity index (χ0v) is 23.7. The van der Waals surface area contributed by atoms with Gasteiger partial charge in [-0.3, -0.25) is 4.79 Å². The van der Waals surface area contributed by atoms with Crippen molar-refractivity contribution in [1.82, 2.24) is 20.0 Å². The molecule has 0 bridgehead atoms. The lowest BCUT2D eigenvalue weighted by atomic mass is 9.92. The topological polar surface area (TPSA) is 108 Å². The number of esters is 1. The van der Waals surface area contributed by atoms with Gasteiger partial charge in [0.2, 0.25) is 5.91 Å². The highest BCUT2D eigenvalue weighted by atomic mass is 16.6. The van der Waals surface area contributed by atoms with Crippen molar-refractivity contribution in [3.05, 3.63) is 0 Å². The average molecular weight is 523 g/mol. The van der Waals surface area contributed by atoms with Crippen LogP contribution in [0.3, 0.4) is 0 Å². The van der Waals surface area contributed by atoms with Crippen LogP contribution in [0.1, 0.15) is 80.6 Å². The van der Waals surface area contributed by atoms with Crippen LogP contribution in [0.2, 0.25) is 0 Å². The number of urea groups is 1. The van der Waals surface area contributed by atoms with E-state index in [9.17, 15) is 19.2 Å². The Balaban J connectivity index is 1.42. The molecule has 10 nitrogen and oxygen atoms in total. The second kappa shape index (κ2) is 11.5. The van der Waals surface area contributed by atoms with Gasteiger partial charge in [-0.05, 0) is 86.5 Å². The van der Waals surface area contributed by atoms with Crippen molar-refractivity contribution in [2.45, 2.75) is 104 Å². The number of hydrogen-bond acceptors (Lipinski definition) is 6. The Morgan fingerprint density at radius 3 is 2.16 bits per heavy atom. The smallest absolute Gasteiger partial charge is 0.410 e. The third-order valence-corrected chi connectivity index (χ3v) is 7.22. The normalized spacial score (nSPS) is 24.0. The molecule has 210 valence electrons. The molecule has 1 unspecified atom stereocenters. The summed E-state index contributed by atoms with van der Waals surface area (Å²) in [5.41, 5.74) is -1.11. The van der Waals surface area contributed by atoms with E-state index in [0.29, 0.717) is 45.1 Å². The molecule has 0 aromatic rings. The van der Waals surface area contributed by atoms with Gasteiger partial charge in [-0.2, -0.15) is 0 Å². The predicted molar refractivity (Wildman–Crippen MR) is 139 cm³/mol. The van der Waals surface area contributed by atoms with Crippen molar-refractivity contribution >= 4 is 24.0 Å². The summed E-state index contributed by atoms with van der Waals surface area (Å²) in [6.07, 6.45) is 3.94. The van der Waals surface area contributed by atoms with Gasteiger partial charge < -0.3 is 29.5 Å². The second-order valence-corrected chi connectivity index (χ2v) is 12.8. The molecule has 0 spiro atoms. The molecule has 3 aliphatic rings. The maximum atomic E-state index is 13.1. The lowest BCUT2D eigenvalue weighted by Gasteiger charge is -2.34. The number of piperidine rings is 2. The van der Waals surface area contributed by atoms with E-state index in [4.69, 9.17) is 9.47 Å². The molecule has 4 amide bonds. The lowest BCUT2D eigenvalue weighted by Crippen LogP contribution is -2.50. The molecule has 3 saturated heterocycles. The molecular weight excluding hydrogens is 476 g/mol. The molecule has 0 radical (unpaired) electrons. The Morgan fingerprint density at radius 1 is 0.946 bits per heavy atom. The molecule has 3 heterocycles. The fraction of sp³-hybridized carbons (Fsp3) is 0.852. The van der Waals surface area contributed by atoms with Gasteiger partial charge in [0.05, 0.1) is 12.0 Å². The number of rotatable bonds is 6. The van der Waals surface area contributed by atoms with Crippen LogP contribution in [0.15, 0.2) is 0 Å². The maximum Gasteiger partial charge on any atom is 0.410 e. The summed E-state index contributed by atoms with van der Waals surface area (Å²) in [6.45, 7) is 15.7. The average Bonchev–Trinajstić information content (AvgIpc) is 3.10. The van der Waals surface area contributed by atoms with Gasteiger partial charge >= 0.3 is 18.1 Å². The molecule has 0 aliphatic carbocycles. The van der Waals surface area contributed by atoms with Gasteiger partial charge in [-0.25, -0.2) is 14.4 Å². The summed E-state index contributed by atoms with van der Waals surface area (Å²) in [6, 6.07) is -0.611. The Hall–Kier alpha value is -2.52. The summed E-state index contributed by atoms with van der Waals surface area (Å²) in [5, 5.41) is 2.77. The Morgan fingerprint density at radius 2 is 1.57 bits per heavy atom. The van der Waals surface area contributed by atoms with E-state index in [0.717, 1.165) is 25.7 Å². The minimum absolute atomic E-state index is 0.00567. The van der Waals surface area contributed by atoms with E-state index < -0.39 is 23.2 Å². The Kier molecular flexibility index (Phi) is 9.01. The number of nitrogens with zero attached hydrogens (tertiary/aromatic N) is 3. The molecule has 0 aromatic heterocycles. The van der Waals surface area contributed by atoms with Gasteiger partial charge in [0, 0.05) is 32.7 Å². The molecule has 1 N–H and O–H groups in total. The van der Waals surface area contributed by atoms with Crippen LogP contribution < -0.4 is 5.32 Å². The molecule has 10 heteroatoms. The second-order valence-electron chi connectivity index (χ2n) is 12.8. The van der Waals surface area contributed by atoms with Gasteiger partial charge in [0.1, 0.15) is 17.2 Å². The van der Waals surface area contributed by atoms with Crippen molar-refractivity contribution in [2.75, 3.05) is 32.7 Å². The van der Waals surface area contributed by atoms with Crippen LogP contribution >= 0.6 is 0 Å². The summed E-state index contributed by atoms with van der Waals surface area (Å²) < 4.78 is 10.8. The van der Waals surface area contributed by atoms with Crippen LogP contribution in [0, 0.1) is 11.8 Å². The van der Waals surface area contributed by atoms with E-state index in [-0.39, 0.29) is 30.0 Å². The first-order valence-corrected chi connectivity index (χ1v) is 13.7. The minimum Gasteiger partial charge on any atom is -0.458 e. The first-order valence-electron chi connectivity index (χ1n) is 13.7. The molecular formula is C27H46N4O6. The van der Waals surface area contributed by atoms with Crippen LogP contribution in [-0.4, -0.2) is 94.7 Å². The number of carbonyl (C=O) groups is 4. The molecule has 0 saturated carbocycles. The minimum atomic E-state index is -0.739. The summed E-state index contributed by atoms with van der Waals surface area (Å²) >= 11 is 0. The molecule has 3 aliphatic heterocycles. The van der Waals surface area contributed by atoms with Crippen molar-refractivity contribution in [2.24, 2.45) is 11.8 Å². The summed E-state index contributed by atoms with van der Waals surface area (Å²) in [4.78, 5) is 56.0. The number of ether oxygens (including phenoxy) is 2. The number of fused-ring (bicyclic) bond motifs is 1. The van der Waals surface area contributed by atoms with Crippen molar-refractivity contribution < 1.29 is 28.7 Å². The van der Waals surface area contributed by atoms with Gasteiger partial charge in [0.15, 0.2) is 0 Å². The number of carbonyl (C=O) groups excluding carboxylic acids is 4. The van der Waals surface area contributed by atoms with E-state index >= 15 is 0 Å². The fourth-order valence-corrected chi connectivity index (χ4v) is 5.22. The maximum absolute atomic E-state index is 13.1. The Bertz CT molecular complexity index is 856. The van der Waals surface area contributed by atoms with Crippen LogP contribution in [0.4, 0.5) is 9.59 Å². The van der Waals surface area contributed by atoms with Gasteiger partial charge in [-0.1, -0.05) is 0 Å². The van der Waals surface area contributed by atoms with Crippen molar-refractivity contribution in [3.63, 3.8) is 0 Å². The monoisotopic (exact) mass is 522 g/mol. The van der Waals surface area contributed by atoms with E-state index in [2.05, 4.69) is 5.32 Å². The predicted octanol–water partition coefficient (Wildman–Crippen LogP) is 3.39. The van der Waals surface area contributed by atoms with Crippen LogP contribution in [-0.2, 0) is 19.1 Å². The zero-order chi connectivity index (χ0) is 27.5. The number of hydrogen-bond donors (Lipinski definition) is 1. The molecule has 0 aromatic carbocycles. The molecule has 3 fully saturated rings. The summed E-state index contributed by atoms with van der Waals surface area (Å²) in [7, 11) is 0. The molecule has 3 rings (SSSR count). The Labute approximate surface area is 221 Å². The van der Waals surface area contributed by atoms with Gasteiger partial charge in [0.25, 0.3) is 0 Å². The van der Waals surface area contributed by atoms with Gasteiger partial charge in [-0.15, -0.1) is 0 Å². The first-order chi connectivity index (χ1) is 17.1. The zero-order valence-electron chi connectivity index (χ0n) is 23.7. The third kappa shape index (κ3) is 8.23.